The maximum absolute atomic E-state index is 4.31. The van der Waals surface area contributed by atoms with Gasteiger partial charge in [-0.2, -0.15) is 0 Å². The van der Waals surface area contributed by atoms with Crippen LogP contribution in [0.5, 0.6) is 0 Å². The second kappa shape index (κ2) is 6.78. The molecule has 0 fully saturated rings. The quantitative estimate of drug-likeness (QED) is 0.605. The number of hydrogen-bond donors (Lipinski definition) is 1. The van der Waals surface area contributed by atoms with Crippen LogP contribution in [0, 0.1) is 6.92 Å². The Labute approximate surface area is 123 Å². The van der Waals surface area contributed by atoms with Gasteiger partial charge in [-0.3, -0.25) is 0 Å². The fourth-order valence-corrected chi connectivity index (χ4v) is 3.45. The fraction of sp³-hybridized carbons (Fsp3) is 0.267. The van der Waals surface area contributed by atoms with Gasteiger partial charge in [0, 0.05) is 21.2 Å². The van der Waals surface area contributed by atoms with Gasteiger partial charge in [0.1, 0.15) is 0 Å². The standard InChI is InChI=1S/C15H18N2S2/c1-4-9-18-14-8-6-5-7-13(14)17-12(3)15-11(2)16-10-19-15/h4-8,10,12,17H,1,9H2,2-3H3. The van der Waals surface area contributed by atoms with E-state index in [0.29, 0.717) is 0 Å². The van der Waals surface area contributed by atoms with Crippen molar-refractivity contribution in [3.63, 3.8) is 0 Å². The second-order valence-electron chi connectivity index (χ2n) is 4.26. The van der Waals surface area contributed by atoms with E-state index in [9.17, 15) is 0 Å². The number of aryl methyl sites for hydroxylation is 1. The number of benzene rings is 1. The van der Waals surface area contributed by atoms with E-state index in [2.05, 4.69) is 55.0 Å². The predicted octanol–water partition coefficient (Wildman–Crippen LogP) is 4.90. The van der Waals surface area contributed by atoms with E-state index in [1.807, 2.05) is 11.6 Å². The summed E-state index contributed by atoms with van der Waals surface area (Å²) in [6, 6.07) is 8.67. The predicted molar refractivity (Wildman–Crippen MR) is 86.3 cm³/mol. The van der Waals surface area contributed by atoms with Gasteiger partial charge in [0.2, 0.25) is 0 Å². The maximum atomic E-state index is 4.31. The molecule has 0 aliphatic heterocycles. The number of nitrogens with zero attached hydrogens (tertiary/aromatic N) is 1. The molecule has 1 aromatic carbocycles. The summed E-state index contributed by atoms with van der Waals surface area (Å²) in [5, 5.41) is 3.58. The molecule has 1 aromatic heterocycles. The first kappa shape index (κ1) is 14.2. The van der Waals surface area contributed by atoms with Crippen molar-refractivity contribution in [2.45, 2.75) is 24.8 Å². The van der Waals surface area contributed by atoms with E-state index in [-0.39, 0.29) is 6.04 Å². The lowest BCUT2D eigenvalue weighted by molar-refractivity contribution is 0.885. The highest BCUT2D eigenvalue weighted by Gasteiger charge is 2.12. The molecule has 19 heavy (non-hydrogen) atoms. The number of nitrogens with one attached hydrogen (secondary N) is 1. The van der Waals surface area contributed by atoms with Crippen LogP contribution in [-0.4, -0.2) is 10.7 Å². The minimum atomic E-state index is 0.276. The van der Waals surface area contributed by atoms with Crippen molar-refractivity contribution in [3.05, 3.63) is 53.0 Å². The number of aromatic nitrogens is 1. The molecular formula is C15H18N2S2. The highest BCUT2D eigenvalue weighted by Crippen LogP contribution is 2.31. The Kier molecular flexibility index (Phi) is 5.05. The zero-order valence-electron chi connectivity index (χ0n) is 11.2. The first-order valence-electron chi connectivity index (χ1n) is 6.21. The van der Waals surface area contributed by atoms with Gasteiger partial charge in [-0.1, -0.05) is 18.2 Å². The summed E-state index contributed by atoms with van der Waals surface area (Å²) in [5.41, 5.74) is 4.19. The molecule has 0 aliphatic rings. The molecule has 0 saturated carbocycles. The van der Waals surface area contributed by atoms with Gasteiger partial charge in [-0.05, 0) is 26.0 Å². The summed E-state index contributed by atoms with van der Waals surface area (Å²) in [6.45, 7) is 8.00. The molecular weight excluding hydrogens is 272 g/mol. The van der Waals surface area contributed by atoms with Gasteiger partial charge in [0.05, 0.1) is 17.2 Å². The van der Waals surface area contributed by atoms with Gasteiger partial charge in [0.25, 0.3) is 0 Å². The Balaban J connectivity index is 2.14. The molecule has 2 nitrogen and oxygen atoms in total. The van der Waals surface area contributed by atoms with E-state index in [0.717, 1.165) is 11.4 Å². The van der Waals surface area contributed by atoms with E-state index in [4.69, 9.17) is 0 Å². The van der Waals surface area contributed by atoms with Crippen LogP contribution in [0.25, 0.3) is 0 Å². The van der Waals surface area contributed by atoms with E-state index < -0.39 is 0 Å². The molecule has 0 radical (unpaired) electrons. The third-order valence-corrected chi connectivity index (χ3v) is 4.97. The van der Waals surface area contributed by atoms with Crippen molar-refractivity contribution >= 4 is 28.8 Å². The molecule has 0 saturated heterocycles. The number of thiazole rings is 1. The van der Waals surface area contributed by atoms with Crippen LogP contribution in [0.1, 0.15) is 23.5 Å². The van der Waals surface area contributed by atoms with Gasteiger partial charge >= 0.3 is 0 Å². The molecule has 1 unspecified atom stereocenters. The van der Waals surface area contributed by atoms with Crippen LogP contribution in [0.3, 0.4) is 0 Å². The van der Waals surface area contributed by atoms with Gasteiger partial charge in [-0.15, -0.1) is 29.7 Å². The lowest BCUT2D eigenvalue weighted by Crippen LogP contribution is -2.07. The van der Waals surface area contributed by atoms with Crippen LogP contribution >= 0.6 is 23.1 Å². The highest BCUT2D eigenvalue weighted by atomic mass is 32.2. The monoisotopic (exact) mass is 290 g/mol. The molecule has 4 heteroatoms. The lowest BCUT2D eigenvalue weighted by Gasteiger charge is -2.17. The Morgan fingerprint density at radius 3 is 2.95 bits per heavy atom. The van der Waals surface area contributed by atoms with Crippen molar-refractivity contribution in [1.82, 2.24) is 4.98 Å². The molecule has 0 aliphatic carbocycles. The summed E-state index contributed by atoms with van der Waals surface area (Å²) in [4.78, 5) is 6.87. The largest absolute Gasteiger partial charge is 0.377 e. The number of rotatable bonds is 6. The Morgan fingerprint density at radius 1 is 1.47 bits per heavy atom. The second-order valence-corrected chi connectivity index (χ2v) is 6.21. The fourth-order valence-electron chi connectivity index (χ4n) is 1.89. The van der Waals surface area contributed by atoms with Crippen molar-refractivity contribution in [2.75, 3.05) is 11.1 Å². The first-order chi connectivity index (χ1) is 9.22. The SMILES string of the molecule is C=CCSc1ccccc1NC(C)c1scnc1C. The highest BCUT2D eigenvalue weighted by molar-refractivity contribution is 7.99. The van der Waals surface area contributed by atoms with Crippen molar-refractivity contribution in [2.24, 2.45) is 0 Å². The molecule has 1 N–H and O–H groups in total. The van der Waals surface area contributed by atoms with E-state index >= 15 is 0 Å². The number of para-hydroxylation sites is 1. The molecule has 0 spiro atoms. The van der Waals surface area contributed by atoms with Crippen LogP contribution < -0.4 is 5.32 Å². The van der Waals surface area contributed by atoms with Gasteiger partial charge in [-0.25, -0.2) is 4.98 Å². The molecule has 100 valence electrons. The first-order valence-corrected chi connectivity index (χ1v) is 8.08. The zero-order valence-corrected chi connectivity index (χ0v) is 12.9. The summed E-state index contributed by atoms with van der Waals surface area (Å²) in [5.74, 6) is 0.923. The van der Waals surface area contributed by atoms with Crippen LogP contribution in [-0.2, 0) is 0 Å². The Bertz CT molecular complexity index is 549. The summed E-state index contributed by atoms with van der Waals surface area (Å²) in [6.07, 6.45) is 1.93. The Morgan fingerprint density at radius 2 is 2.26 bits per heavy atom. The van der Waals surface area contributed by atoms with Crippen molar-refractivity contribution in [1.29, 1.82) is 0 Å². The summed E-state index contributed by atoms with van der Waals surface area (Å²) >= 11 is 3.50. The molecule has 0 bridgehead atoms. The molecule has 2 aromatic rings. The van der Waals surface area contributed by atoms with Crippen LogP contribution in [0.2, 0.25) is 0 Å². The number of hydrogen-bond acceptors (Lipinski definition) is 4. The zero-order chi connectivity index (χ0) is 13.7. The van der Waals surface area contributed by atoms with Crippen LogP contribution in [0.15, 0.2) is 47.3 Å². The normalized spacial score (nSPS) is 12.1. The third kappa shape index (κ3) is 3.61. The average Bonchev–Trinajstić information content (AvgIpc) is 2.84. The number of thioether (sulfide) groups is 1. The Hall–Kier alpha value is -1.26. The lowest BCUT2D eigenvalue weighted by atomic mass is 10.2. The summed E-state index contributed by atoms with van der Waals surface area (Å²) < 4.78 is 0. The average molecular weight is 290 g/mol. The van der Waals surface area contributed by atoms with Gasteiger partial charge < -0.3 is 5.32 Å². The molecule has 0 amide bonds. The minimum Gasteiger partial charge on any atom is -0.377 e. The van der Waals surface area contributed by atoms with E-state index in [1.165, 1.54) is 15.5 Å². The maximum Gasteiger partial charge on any atom is 0.0798 e. The minimum absolute atomic E-state index is 0.276. The van der Waals surface area contributed by atoms with E-state index in [1.54, 1.807) is 23.1 Å². The summed E-state index contributed by atoms with van der Waals surface area (Å²) in [7, 11) is 0. The van der Waals surface area contributed by atoms with Crippen molar-refractivity contribution < 1.29 is 0 Å². The van der Waals surface area contributed by atoms with Gasteiger partial charge in [0.15, 0.2) is 0 Å². The molecule has 1 heterocycles. The third-order valence-electron chi connectivity index (χ3n) is 2.79. The topological polar surface area (TPSA) is 24.9 Å². The molecule has 2 rings (SSSR count). The smallest absolute Gasteiger partial charge is 0.0798 e. The van der Waals surface area contributed by atoms with Crippen LogP contribution in [0.4, 0.5) is 5.69 Å². The van der Waals surface area contributed by atoms with Crippen molar-refractivity contribution in [3.8, 4) is 0 Å². The number of anilines is 1. The molecule has 1 atom stereocenters.